The first-order valence-electron chi connectivity index (χ1n) is 10.3. The van der Waals surface area contributed by atoms with Crippen molar-refractivity contribution in [3.63, 3.8) is 0 Å². The molecule has 0 aromatic carbocycles. The largest absolute Gasteiger partial charge is 0.480 e. The van der Waals surface area contributed by atoms with Crippen molar-refractivity contribution in [2.75, 3.05) is 23.9 Å². The standard InChI is InChI=1S/C18H17N9O8S3/c1-35-23-10(8-5-37-17(20-8)19-6-28)13(31)21-11-14(32)27-12(16(33)34)7(3-36-15(11)27)4-38-18-22-24-25-26(18)2-9(29)30/h5-6,11,15H,2-4H2,1H3,(H,21,31)(H,29,30)(H,33,34)(H,19,20,28)/t11?,15-/m0/s1. The molecule has 1 saturated heterocycles. The molecule has 0 bridgehead atoms. The molecule has 0 aliphatic carbocycles. The van der Waals surface area contributed by atoms with Crippen LogP contribution in [-0.4, -0.2) is 106 Å². The van der Waals surface area contributed by atoms with Crippen LogP contribution in [0.1, 0.15) is 5.69 Å². The molecule has 0 saturated carbocycles. The number of nitrogens with zero attached hydrogens (tertiary/aromatic N) is 7. The molecule has 2 aliphatic heterocycles. The average molecular weight is 584 g/mol. The van der Waals surface area contributed by atoms with E-state index in [1.807, 2.05) is 0 Å². The maximum atomic E-state index is 13.0. The highest BCUT2D eigenvalue weighted by Crippen LogP contribution is 2.41. The van der Waals surface area contributed by atoms with Gasteiger partial charge in [-0.15, -0.1) is 28.2 Å². The average Bonchev–Trinajstić information content (AvgIpc) is 3.52. The smallest absolute Gasteiger partial charge is 0.352 e. The van der Waals surface area contributed by atoms with E-state index < -0.39 is 41.7 Å². The Hall–Kier alpha value is -4.04. The van der Waals surface area contributed by atoms with E-state index in [1.54, 1.807) is 0 Å². The zero-order valence-electron chi connectivity index (χ0n) is 19.1. The van der Waals surface area contributed by atoms with Crippen LogP contribution in [0.5, 0.6) is 0 Å². The molecule has 2 aliphatic rings. The number of tetrazole rings is 1. The Morgan fingerprint density at radius 1 is 1.37 bits per heavy atom. The first kappa shape index (κ1) is 27.0. The summed E-state index contributed by atoms with van der Waals surface area (Å²) in [6.07, 6.45) is 0.427. The summed E-state index contributed by atoms with van der Waals surface area (Å²) >= 11 is 3.33. The number of nitrogens with one attached hydrogen (secondary N) is 2. The summed E-state index contributed by atoms with van der Waals surface area (Å²) in [6, 6.07) is -1.04. The molecule has 2 aromatic rings. The van der Waals surface area contributed by atoms with Gasteiger partial charge in [0.15, 0.2) is 10.8 Å². The number of carboxylic acids is 2. The van der Waals surface area contributed by atoms with E-state index in [4.69, 9.17) is 9.94 Å². The van der Waals surface area contributed by atoms with Crippen LogP contribution in [0.3, 0.4) is 0 Å². The van der Waals surface area contributed by atoms with E-state index in [-0.39, 0.29) is 38.9 Å². The van der Waals surface area contributed by atoms with Gasteiger partial charge in [-0.1, -0.05) is 16.9 Å². The number of carbonyl (C=O) groups is 5. The van der Waals surface area contributed by atoms with Gasteiger partial charge in [-0.2, -0.15) is 0 Å². The minimum Gasteiger partial charge on any atom is -0.480 e. The Balaban J connectivity index is 1.47. The molecule has 0 radical (unpaired) electrons. The van der Waals surface area contributed by atoms with E-state index in [9.17, 15) is 29.1 Å². The van der Waals surface area contributed by atoms with Crippen LogP contribution in [0.4, 0.5) is 5.13 Å². The molecule has 38 heavy (non-hydrogen) atoms. The molecule has 1 unspecified atom stereocenters. The lowest BCUT2D eigenvalue weighted by Gasteiger charge is -2.49. The molecule has 3 amide bonds. The van der Waals surface area contributed by atoms with Crippen molar-refractivity contribution in [2.45, 2.75) is 23.1 Å². The van der Waals surface area contributed by atoms with Crippen LogP contribution in [0.15, 0.2) is 27.0 Å². The van der Waals surface area contributed by atoms with Crippen molar-refractivity contribution < 1.29 is 39.0 Å². The third-order valence-electron chi connectivity index (χ3n) is 5.02. The Kier molecular flexibility index (Phi) is 8.22. The van der Waals surface area contributed by atoms with Crippen molar-refractivity contribution in [1.82, 2.24) is 35.4 Å². The van der Waals surface area contributed by atoms with Gasteiger partial charge in [0.1, 0.15) is 36.5 Å². The van der Waals surface area contributed by atoms with Gasteiger partial charge in [0.25, 0.3) is 11.8 Å². The topological polar surface area (TPSA) is 231 Å². The molecule has 4 N–H and O–H groups in total. The normalized spacial score (nSPS) is 18.9. The second-order valence-electron chi connectivity index (χ2n) is 7.34. The van der Waals surface area contributed by atoms with Crippen molar-refractivity contribution in [3.8, 4) is 0 Å². The molecule has 2 atom stereocenters. The van der Waals surface area contributed by atoms with Crippen molar-refractivity contribution in [1.29, 1.82) is 0 Å². The van der Waals surface area contributed by atoms with Crippen molar-refractivity contribution in [2.24, 2.45) is 5.16 Å². The molecule has 20 heteroatoms. The number of β-lactam (4-membered cyclic amide) rings is 1. The van der Waals surface area contributed by atoms with Crippen LogP contribution in [0.25, 0.3) is 0 Å². The second-order valence-corrected chi connectivity index (χ2v) is 10.2. The summed E-state index contributed by atoms with van der Waals surface area (Å²) in [5.74, 6) is -3.57. The number of hydrogen-bond donors (Lipinski definition) is 4. The maximum Gasteiger partial charge on any atom is 0.352 e. The highest BCUT2D eigenvalue weighted by molar-refractivity contribution is 8.01. The Labute approximate surface area is 224 Å². The van der Waals surface area contributed by atoms with Crippen LogP contribution in [0, 0.1) is 0 Å². The number of amides is 3. The minimum absolute atomic E-state index is 0.0911. The van der Waals surface area contributed by atoms with Gasteiger partial charge in [0.05, 0.1) is 0 Å². The second kappa shape index (κ2) is 11.6. The molecule has 1 fully saturated rings. The van der Waals surface area contributed by atoms with Gasteiger partial charge in [-0.25, -0.2) is 14.5 Å². The third-order valence-corrected chi connectivity index (χ3v) is 8.18. The number of oxime groups is 1. The highest BCUT2D eigenvalue weighted by atomic mass is 32.2. The molecule has 200 valence electrons. The number of thiazole rings is 1. The van der Waals surface area contributed by atoms with Crippen LogP contribution in [0.2, 0.25) is 0 Å². The third kappa shape index (κ3) is 5.45. The lowest BCUT2D eigenvalue weighted by atomic mass is 10.0. The van der Waals surface area contributed by atoms with Gasteiger partial charge < -0.3 is 25.7 Å². The molecule has 17 nitrogen and oxygen atoms in total. The predicted octanol–water partition coefficient (Wildman–Crippen LogP) is -1.34. The van der Waals surface area contributed by atoms with Gasteiger partial charge >= 0.3 is 11.9 Å². The molecule has 0 spiro atoms. The summed E-state index contributed by atoms with van der Waals surface area (Å²) in [6.45, 7) is -0.465. The highest BCUT2D eigenvalue weighted by Gasteiger charge is 2.54. The van der Waals surface area contributed by atoms with Crippen molar-refractivity contribution in [3.05, 3.63) is 22.3 Å². The molecule has 2 aromatic heterocycles. The number of thioether (sulfide) groups is 2. The fourth-order valence-electron chi connectivity index (χ4n) is 3.48. The number of rotatable bonds is 12. The number of carbonyl (C=O) groups excluding carboxylic acids is 3. The first-order chi connectivity index (χ1) is 18.2. The minimum atomic E-state index is -1.33. The Morgan fingerprint density at radius 2 is 2.16 bits per heavy atom. The number of anilines is 1. The number of aromatic nitrogens is 5. The van der Waals surface area contributed by atoms with Gasteiger partial charge in [-0.3, -0.25) is 24.1 Å². The quantitative estimate of drug-likeness (QED) is 0.0745. The number of hydrogen-bond acceptors (Lipinski definition) is 14. The van der Waals surface area contributed by atoms with Crippen LogP contribution >= 0.6 is 34.9 Å². The van der Waals surface area contributed by atoms with E-state index >= 15 is 0 Å². The predicted molar refractivity (Wildman–Crippen MR) is 131 cm³/mol. The van der Waals surface area contributed by atoms with Crippen LogP contribution < -0.4 is 10.6 Å². The van der Waals surface area contributed by atoms with Crippen molar-refractivity contribution >= 4 is 75.9 Å². The van der Waals surface area contributed by atoms with E-state index in [0.717, 1.165) is 32.7 Å². The summed E-state index contributed by atoms with van der Waals surface area (Å²) in [4.78, 5) is 69.5. The van der Waals surface area contributed by atoms with Gasteiger partial charge in [0.2, 0.25) is 11.6 Å². The zero-order valence-corrected chi connectivity index (χ0v) is 21.6. The van der Waals surface area contributed by atoms with Gasteiger partial charge in [0, 0.05) is 16.9 Å². The summed E-state index contributed by atoms with van der Waals surface area (Å²) in [5, 5.41) is 39.3. The molecular weight excluding hydrogens is 566 g/mol. The molecular formula is C18H17N9O8S3. The van der Waals surface area contributed by atoms with Crippen LogP contribution in [-0.2, 0) is 35.4 Å². The van der Waals surface area contributed by atoms with E-state index in [1.165, 1.54) is 24.3 Å². The molecule has 4 heterocycles. The lowest BCUT2D eigenvalue weighted by molar-refractivity contribution is -0.150. The lowest BCUT2D eigenvalue weighted by Crippen LogP contribution is -2.71. The summed E-state index contributed by atoms with van der Waals surface area (Å²) in [7, 11) is 1.22. The van der Waals surface area contributed by atoms with E-state index in [0.29, 0.717) is 12.0 Å². The SMILES string of the molecule is CON=C(C(=O)NC1C(=O)N2C(C(=O)O)=C(CSc3nnnn3CC(=O)O)CS[C@@H]12)c1csc(NC=O)n1. The number of fused-ring (bicyclic) bond motifs is 1. The number of carboxylic acid groups (broad SMARTS) is 2. The maximum absolute atomic E-state index is 13.0. The molecule has 4 rings (SSSR count). The Morgan fingerprint density at radius 3 is 2.84 bits per heavy atom. The summed E-state index contributed by atoms with van der Waals surface area (Å²) in [5.41, 5.74) is 0.0594. The monoisotopic (exact) mass is 583 g/mol. The fraction of sp³-hybridized carbons (Fsp3) is 0.333. The number of aliphatic carboxylic acids is 2. The Bertz CT molecular complexity index is 1360. The zero-order chi connectivity index (χ0) is 27.4. The van der Waals surface area contributed by atoms with E-state index in [2.05, 4.69) is 36.3 Å². The summed E-state index contributed by atoms with van der Waals surface area (Å²) < 4.78 is 1.06. The first-order valence-corrected chi connectivity index (χ1v) is 13.2. The van der Waals surface area contributed by atoms with Gasteiger partial charge in [-0.05, 0) is 16.0 Å². The fourth-order valence-corrected chi connectivity index (χ4v) is 6.49.